The van der Waals surface area contributed by atoms with Crippen LogP contribution in [0.25, 0.3) is 10.9 Å². The van der Waals surface area contributed by atoms with Crippen molar-refractivity contribution in [1.29, 1.82) is 0 Å². The highest BCUT2D eigenvalue weighted by molar-refractivity contribution is 6.03. The number of aliphatic hydroxyl groups is 1. The standard InChI is InChI=1S/C33H39N5O6/c1-2-42-17-18-43-30-21-29-26(10-14-38(29)33(34)41)19-27(30)22-44-28-7-11-35-31(20-28)36-32(40)25-5-3-23(4-6-25)24-8-12-37(13-9-24)15-16-39/h3-7,10-11,14,19-21,24,39H,2,8-9,12-13,15-18,22H2,1H3,(H2,34,41)(H,35,36,40). The van der Waals surface area contributed by atoms with Gasteiger partial charge in [-0.3, -0.25) is 9.36 Å². The molecule has 11 heteroatoms. The van der Waals surface area contributed by atoms with Gasteiger partial charge >= 0.3 is 6.03 Å². The van der Waals surface area contributed by atoms with Crippen molar-refractivity contribution in [2.75, 3.05) is 51.4 Å². The van der Waals surface area contributed by atoms with Crippen molar-refractivity contribution < 1.29 is 28.9 Å². The number of amides is 2. The number of primary amides is 1. The molecule has 44 heavy (non-hydrogen) atoms. The van der Waals surface area contributed by atoms with E-state index in [0.29, 0.717) is 54.1 Å². The first kappa shape index (κ1) is 31.0. The minimum Gasteiger partial charge on any atom is -0.491 e. The van der Waals surface area contributed by atoms with Crippen LogP contribution in [0.3, 0.4) is 0 Å². The Kier molecular flexibility index (Phi) is 10.4. The number of hydrogen-bond acceptors (Lipinski definition) is 8. The quantitative estimate of drug-likeness (QED) is 0.192. The lowest BCUT2D eigenvalue weighted by Gasteiger charge is -2.31. The van der Waals surface area contributed by atoms with Crippen molar-refractivity contribution in [3.63, 3.8) is 0 Å². The van der Waals surface area contributed by atoms with Crippen LogP contribution in [0, 0.1) is 0 Å². The van der Waals surface area contributed by atoms with E-state index in [-0.39, 0.29) is 19.1 Å². The summed E-state index contributed by atoms with van der Waals surface area (Å²) in [6, 6.07) is 16.0. The summed E-state index contributed by atoms with van der Waals surface area (Å²) in [5.41, 5.74) is 8.70. The second-order valence-corrected chi connectivity index (χ2v) is 10.7. The Morgan fingerprint density at radius 1 is 1.05 bits per heavy atom. The third-order valence-electron chi connectivity index (χ3n) is 7.81. The maximum atomic E-state index is 13.0. The molecule has 0 unspecified atom stereocenters. The van der Waals surface area contributed by atoms with Gasteiger partial charge in [0, 0.05) is 54.2 Å². The molecule has 0 spiro atoms. The van der Waals surface area contributed by atoms with E-state index < -0.39 is 6.03 Å². The minimum atomic E-state index is -0.581. The molecule has 2 amide bonds. The molecule has 0 bridgehead atoms. The molecular weight excluding hydrogens is 562 g/mol. The number of nitrogens with two attached hydrogens (primary N) is 1. The predicted octanol–water partition coefficient (Wildman–Crippen LogP) is 4.38. The summed E-state index contributed by atoms with van der Waals surface area (Å²) in [4.78, 5) is 31.4. The largest absolute Gasteiger partial charge is 0.491 e. The van der Waals surface area contributed by atoms with Gasteiger partial charge in [-0.25, -0.2) is 9.78 Å². The van der Waals surface area contributed by atoms with Crippen molar-refractivity contribution in [3.05, 3.63) is 83.7 Å². The van der Waals surface area contributed by atoms with Crippen LogP contribution in [-0.2, 0) is 11.3 Å². The van der Waals surface area contributed by atoms with Crippen molar-refractivity contribution in [2.45, 2.75) is 32.3 Å². The number of pyridine rings is 1. The third-order valence-corrected chi connectivity index (χ3v) is 7.81. The molecule has 0 aliphatic carbocycles. The zero-order valence-electron chi connectivity index (χ0n) is 24.9. The number of ether oxygens (including phenoxy) is 3. The molecule has 0 radical (unpaired) electrons. The number of aromatic nitrogens is 2. The van der Waals surface area contributed by atoms with Crippen LogP contribution in [0.4, 0.5) is 10.6 Å². The average molecular weight is 602 g/mol. The van der Waals surface area contributed by atoms with Gasteiger partial charge in [0.25, 0.3) is 5.91 Å². The van der Waals surface area contributed by atoms with E-state index in [1.54, 1.807) is 30.6 Å². The van der Waals surface area contributed by atoms with Crippen molar-refractivity contribution in [3.8, 4) is 11.5 Å². The number of fused-ring (bicyclic) bond motifs is 1. The normalized spacial score (nSPS) is 14.0. The Hall–Kier alpha value is -4.45. The number of rotatable bonds is 13. The molecule has 0 saturated carbocycles. The van der Waals surface area contributed by atoms with Gasteiger partial charge in [0.05, 0.1) is 18.7 Å². The Morgan fingerprint density at radius 2 is 1.84 bits per heavy atom. The molecule has 1 saturated heterocycles. The fourth-order valence-corrected chi connectivity index (χ4v) is 5.46. The summed E-state index contributed by atoms with van der Waals surface area (Å²) >= 11 is 0. The van der Waals surface area contributed by atoms with Crippen molar-refractivity contribution in [1.82, 2.24) is 14.5 Å². The zero-order chi connectivity index (χ0) is 30.9. The maximum absolute atomic E-state index is 13.0. The van der Waals surface area contributed by atoms with Crippen LogP contribution in [-0.4, -0.2) is 77.6 Å². The minimum absolute atomic E-state index is 0.180. The number of nitrogens with one attached hydrogen (secondary N) is 1. The van der Waals surface area contributed by atoms with Gasteiger partial charge in [0.2, 0.25) is 0 Å². The lowest BCUT2D eigenvalue weighted by molar-refractivity contribution is 0.102. The lowest BCUT2D eigenvalue weighted by atomic mass is 9.89. The van der Waals surface area contributed by atoms with Crippen LogP contribution in [0.1, 0.15) is 47.2 Å². The summed E-state index contributed by atoms with van der Waals surface area (Å²) in [7, 11) is 0. The predicted molar refractivity (Wildman–Crippen MR) is 167 cm³/mol. The van der Waals surface area contributed by atoms with E-state index in [0.717, 1.165) is 43.4 Å². The molecule has 0 atom stereocenters. The van der Waals surface area contributed by atoms with Gasteiger partial charge in [-0.2, -0.15) is 0 Å². The lowest BCUT2D eigenvalue weighted by Crippen LogP contribution is -2.34. The van der Waals surface area contributed by atoms with Gasteiger partial charge in [-0.15, -0.1) is 0 Å². The first-order valence-electron chi connectivity index (χ1n) is 14.9. The average Bonchev–Trinajstić information content (AvgIpc) is 3.46. The highest BCUT2D eigenvalue weighted by atomic mass is 16.5. The fourth-order valence-electron chi connectivity index (χ4n) is 5.46. The third kappa shape index (κ3) is 7.73. The number of carbonyl (C=O) groups excluding carboxylic acids is 2. The van der Waals surface area contributed by atoms with Crippen molar-refractivity contribution in [2.24, 2.45) is 5.73 Å². The Balaban J connectivity index is 1.22. The van der Waals surface area contributed by atoms with Gasteiger partial charge in [0.1, 0.15) is 30.5 Å². The van der Waals surface area contributed by atoms with Gasteiger partial charge in [-0.1, -0.05) is 12.1 Å². The monoisotopic (exact) mass is 601 g/mol. The molecule has 2 aromatic heterocycles. The van der Waals surface area contributed by atoms with E-state index in [2.05, 4.69) is 15.2 Å². The second kappa shape index (κ2) is 14.8. The highest BCUT2D eigenvalue weighted by Crippen LogP contribution is 2.30. The van der Waals surface area contributed by atoms with E-state index in [9.17, 15) is 9.59 Å². The topological polar surface area (TPSA) is 141 Å². The molecule has 4 aromatic rings. The number of piperidine rings is 1. The van der Waals surface area contributed by atoms with Crippen LogP contribution in [0.5, 0.6) is 11.5 Å². The fraction of sp³-hybridized carbons (Fsp3) is 0.364. The second-order valence-electron chi connectivity index (χ2n) is 10.7. The Morgan fingerprint density at radius 3 is 2.57 bits per heavy atom. The number of β-amino-alcohol motifs (C(OH)–C–C–N with tert-alkyl or cyclic N) is 1. The van der Waals surface area contributed by atoms with Crippen molar-refractivity contribution >= 4 is 28.7 Å². The summed E-state index contributed by atoms with van der Waals surface area (Å²) in [5.74, 6) is 1.65. The Bertz CT molecular complexity index is 1560. The molecule has 1 fully saturated rings. The number of hydrogen-bond donors (Lipinski definition) is 3. The number of anilines is 1. The van der Waals surface area contributed by atoms with Crippen LogP contribution >= 0.6 is 0 Å². The smallest absolute Gasteiger partial charge is 0.323 e. The van der Waals surface area contributed by atoms with Crippen LogP contribution < -0.4 is 20.5 Å². The molecule has 5 rings (SSSR count). The number of carbonyl (C=O) groups is 2. The van der Waals surface area contributed by atoms with Crippen LogP contribution in [0.15, 0.2) is 67.0 Å². The van der Waals surface area contributed by atoms with Crippen LogP contribution in [0.2, 0.25) is 0 Å². The number of likely N-dealkylation sites (tertiary alicyclic amines) is 1. The molecule has 11 nitrogen and oxygen atoms in total. The van der Waals surface area contributed by atoms with Gasteiger partial charge in [-0.05, 0) is 74.7 Å². The number of aliphatic hydroxyl groups excluding tert-OH is 1. The number of nitrogens with zero attached hydrogens (tertiary/aromatic N) is 3. The molecule has 232 valence electrons. The zero-order valence-corrected chi connectivity index (χ0v) is 24.9. The Labute approximate surface area is 256 Å². The molecule has 1 aliphatic heterocycles. The molecule has 4 N–H and O–H groups in total. The summed E-state index contributed by atoms with van der Waals surface area (Å²) in [6.45, 7) is 6.29. The maximum Gasteiger partial charge on any atom is 0.323 e. The van der Waals surface area contributed by atoms with E-state index >= 15 is 0 Å². The summed E-state index contributed by atoms with van der Waals surface area (Å²) < 4.78 is 18.8. The molecule has 1 aliphatic rings. The highest BCUT2D eigenvalue weighted by Gasteiger charge is 2.20. The van der Waals surface area contributed by atoms with E-state index in [1.807, 2.05) is 43.3 Å². The van der Waals surface area contributed by atoms with E-state index in [1.165, 1.54) is 10.1 Å². The first-order chi connectivity index (χ1) is 21.4. The molecular formula is C33H39N5O6. The van der Waals surface area contributed by atoms with Gasteiger partial charge < -0.3 is 35.3 Å². The first-order valence-corrected chi connectivity index (χ1v) is 14.9. The SMILES string of the molecule is CCOCCOc1cc2c(ccn2C(N)=O)cc1COc1ccnc(NC(=O)c2ccc(C3CCN(CCO)CC3)cc2)c1. The van der Waals surface area contributed by atoms with E-state index in [4.69, 9.17) is 25.1 Å². The molecule has 2 aromatic carbocycles. The number of benzene rings is 2. The summed E-state index contributed by atoms with van der Waals surface area (Å²) in [6.07, 6.45) is 5.28. The van der Waals surface area contributed by atoms with Gasteiger partial charge in [0.15, 0.2) is 0 Å². The summed E-state index contributed by atoms with van der Waals surface area (Å²) in [5, 5.41) is 12.8. The molecule has 3 heterocycles.